The van der Waals surface area contributed by atoms with Crippen molar-refractivity contribution in [3.05, 3.63) is 15.8 Å². The molecule has 0 aromatic carbocycles. The van der Waals surface area contributed by atoms with Crippen LogP contribution in [-0.2, 0) is 6.54 Å². The molecular weight excluding hydrogens is 270 g/mol. The Labute approximate surface area is 125 Å². The minimum Gasteiger partial charge on any atom is -0.362 e. The Morgan fingerprint density at radius 2 is 2.05 bits per heavy atom. The van der Waals surface area contributed by atoms with Crippen molar-refractivity contribution in [1.82, 2.24) is 14.7 Å². The van der Waals surface area contributed by atoms with E-state index < -0.39 is 0 Å². The van der Waals surface area contributed by atoms with Crippen molar-refractivity contribution in [2.24, 2.45) is 0 Å². The highest BCUT2D eigenvalue weighted by Gasteiger charge is 2.28. The molecule has 1 aromatic heterocycles. The SMILES string of the molecule is CCCn1nc(C)c([N+](=O)[O-])c1NC1CCN(CC)CC1. The number of nitrogens with zero attached hydrogens (tertiary/aromatic N) is 4. The molecule has 2 heterocycles. The van der Waals surface area contributed by atoms with Crippen LogP contribution in [0.25, 0.3) is 0 Å². The molecule has 7 heteroatoms. The Balaban J connectivity index is 2.16. The van der Waals surface area contributed by atoms with Crippen molar-refractivity contribution in [2.45, 2.75) is 52.6 Å². The van der Waals surface area contributed by atoms with E-state index in [2.05, 4.69) is 22.2 Å². The van der Waals surface area contributed by atoms with Crippen molar-refractivity contribution in [1.29, 1.82) is 0 Å². The molecule has 0 bridgehead atoms. The third kappa shape index (κ3) is 3.53. The van der Waals surface area contributed by atoms with Gasteiger partial charge in [0.25, 0.3) is 0 Å². The van der Waals surface area contributed by atoms with Crippen LogP contribution in [0, 0.1) is 17.0 Å². The summed E-state index contributed by atoms with van der Waals surface area (Å²) in [6.45, 7) is 9.77. The van der Waals surface area contributed by atoms with Crippen molar-refractivity contribution < 1.29 is 4.92 Å². The van der Waals surface area contributed by atoms with Crippen molar-refractivity contribution >= 4 is 11.5 Å². The van der Waals surface area contributed by atoms with Gasteiger partial charge in [0.2, 0.25) is 5.82 Å². The molecule has 1 aliphatic heterocycles. The van der Waals surface area contributed by atoms with Crippen molar-refractivity contribution in [2.75, 3.05) is 25.0 Å². The highest BCUT2D eigenvalue weighted by atomic mass is 16.6. The lowest BCUT2D eigenvalue weighted by atomic mass is 10.1. The van der Waals surface area contributed by atoms with Crippen LogP contribution in [0.3, 0.4) is 0 Å². The number of hydrogen-bond acceptors (Lipinski definition) is 5. The third-order valence-corrected chi connectivity index (χ3v) is 4.09. The molecule has 1 aliphatic rings. The third-order valence-electron chi connectivity index (χ3n) is 4.09. The van der Waals surface area contributed by atoms with Crippen LogP contribution in [0.15, 0.2) is 0 Å². The molecule has 0 saturated carbocycles. The van der Waals surface area contributed by atoms with Crippen LogP contribution in [0.5, 0.6) is 0 Å². The fourth-order valence-electron chi connectivity index (χ4n) is 2.89. The van der Waals surface area contributed by atoms with Crippen LogP contribution >= 0.6 is 0 Å². The smallest absolute Gasteiger partial charge is 0.333 e. The van der Waals surface area contributed by atoms with E-state index in [1.165, 1.54) is 0 Å². The molecule has 0 amide bonds. The Morgan fingerprint density at radius 1 is 1.38 bits per heavy atom. The number of piperidine rings is 1. The molecule has 0 aliphatic carbocycles. The molecule has 1 fully saturated rings. The number of likely N-dealkylation sites (tertiary alicyclic amines) is 1. The molecule has 7 nitrogen and oxygen atoms in total. The highest BCUT2D eigenvalue weighted by Crippen LogP contribution is 2.30. The minimum atomic E-state index is -0.321. The molecule has 1 N–H and O–H groups in total. The number of rotatable bonds is 6. The number of aromatic nitrogens is 2. The van der Waals surface area contributed by atoms with Gasteiger partial charge in [0.15, 0.2) is 0 Å². The number of hydrogen-bond donors (Lipinski definition) is 1. The Kier molecular flexibility index (Phi) is 5.17. The number of nitrogens with one attached hydrogen (secondary N) is 1. The molecule has 0 radical (unpaired) electrons. The topological polar surface area (TPSA) is 76.2 Å². The summed E-state index contributed by atoms with van der Waals surface area (Å²) in [5.41, 5.74) is 0.614. The van der Waals surface area contributed by atoms with Gasteiger partial charge in [0.05, 0.1) is 4.92 Å². The molecule has 21 heavy (non-hydrogen) atoms. The number of nitro groups is 1. The van der Waals surface area contributed by atoms with Gasteiger partial charge >= 0.3 is 5.69 Å². The monoisotopic (exact) mass is 295 g/mol. The zero-order valence-corrected chi connectivity index (χ0v) is 13.1. The first-order valence-corrected chi connectivity index (χ1v) is 7.77. The summed E-state index contributed by atoms with van der Waals surface area (Å²) in [6, 6.07) is 0.290. The first kappa shape index (κ1) is 15.8. The molecule has 0 unspecified atom stereocenters. The van der Waals surface area contributed by atoms with Crippen molar-refractivity contribution in [3.63, 3.8) is 0 Å². The van der Waals surface area contributed by atoms with Crippen LogP contribution in [-0.4, -0.2) is 45.3 Å². The van der Waals surface area contributed by atoms with E-state index in [-0.39, 0.29) is 10.6 Å². The molecule has 118 valence electrons. The van der Waals surface area contributed by atoms with Crippen LogP contribution in [0.1, 0.15) is 38.8 Å². The number of anilines is 1. The normalized spacial score (nSPS) is 17.1. The summed E-state index contributed by atoms with van der Waals surface area (Å²) in [5.74, 6) is 0.578. The summed E-state index contributed by atoms with van der Waals surface area (Å²) >= 11 is 0. The Bertz CT molecular complexity index is 492. The average molecular weight is 295 g/mol. The van der Waals surface area contributed by atoms with Gasteiger partial charge in [-0.1, -0.05) is 13.8 Å². The predicted octanol–water partition coefficient (Wildman–Crippen LogP) is 2.41. The quantitative estimate of drug-likeness (QED) is 0.644. The van der Waals surface area contributed by atoms with E-state index >= 15 is 0 Å². The van der Waals surface area contributed by atoms with Crippen LogP contribution in [0.2, 0.25) is 0 Å². The average Bonchev–Trinajstić information content (AvgIpc) is 2.76. The molecule has 2 rings (SSSR count). The minimum absolute atomic E-state index is 0.126. The summed E-state index contributed by atoms with van der Waals surface area (Å²) < 4.78 is 1.75. The maximum absolute atomic E-state index is 11.3. The lowest BCUT2D eigenvalue weighted by Crippen LogP contribution is -2.39. The Morgan fingerprint density at radius 3 is 2.57 bits per heavy atom. The van der Waals surface area contributed by atoms with Gasteiger partial charge < -0.3 is 10.2 Å². The van der Waals surface area contributed by atoms with E-state index in [1.54, 1.807) is 11.6 Å². The first-order valence-electron chi connectivity index (χ1n) is 7.77. The predicted molar refractivity (Wildman–Crippen MR) is 82.7 cm³/mol. The molecule has 0 spiro atoms. The van der Waals surface area contributed by atoms with Crippen LogP contribution < -0.4 is 5.32 Å². The van der Waals surface area contributed by atoms with Gasteiger partial charge in [-0.05, 0) is 32.7 Å². The summed E-state index contributed by atoms with van der Waals surface area (Å²) in [4.78, 5) is 13.4. The van der Waals surface area contributed by atoms with E-state index in [1.807, 2.05) is 6.92 Å². The summed E-state index contributed by atoms with van der Waals surface area (Å²) in [5, 5.41) is 19.0. The fraction of sp³-hybridized carbons (Fsp3) is 0.786. The van der Waals surface area contributed by atoms with Gasteiger partial charge in [0, 0.05) is 25.7 Å². The zero-order valence-electron chi connectivity index (χ0n) is 13.1. The van der Waals surface area contributed by atoms with Crippen LogP contribution in [0.4, 0.5) is 11.5 Å². The fourth-order valence-corrected chi connectivity index (χ4v) is 2.89. The second-order valence-electron chi connectivity index (χ2n) is 5.62. The highest BCUT2D eigenvalue weighted by molar-refractivity contribution is 5.60. The molecular formula is C14H25N5O2. The molecule has 1 saturated heterocycles. The maximum atomic E-state index is 11.3. The number of aryl methyl sites for hydroxylation is 2. The zero-order chi connectivity index (χ0) is 15.4. The molecule has 0 atom stereocenters. The van der Waals surface area contributed by atoms with Gasteiger partial charge in [-0.3, -0.25) is 10.1 Å². The lowest BCUT2D eigenvalue weighted by molar-refractivity contribution is -0.384. The maximum Gasteiger partial charge on any atom is 0.333 e. The van der Waals surface area contributed by atoms with Crippen molar-refractivity contribution in [3.8, 4) is 0 Å². The van der Waals surface area contributed by atoms with Gasteiger partial charge in [-0.15, -0.1) is 0 Å². The molecule has 1 aromatic rings. The van der Waals surface area contributed by atoms with Gasteiger partial charge in [-0.25, -0.2) is 4.68 Å². The first-order chi connectivity index (χ1) is 10.1. The van der Waals surface area contributed by atoms with E-state index in [0.29, 0.717) is 24.1 Å². The Hall–Kier alpha value is -1.63. The van der Waals surface area contributed by atoms with Gasteiger partial charge in [0.1, 0.15) is 5.69 Å². The van der Waals surface area contributed by atoms with Gasteiger partial charge in [-0.2, -0.15) is 5.10 Å². The summed E-state index contributed by atoms with van der Waals surface area (Å²) in [6.07, 6.45) is 2.93. The second-order valence-corrected chi connectivity index (χ2v) is 5.62. The summed E-state index contributed by atoms with van der Waals surface area (Å²) in [7, 11) is 0. The van der Waals surface area contributed by atoms with E-state index in [0.717, 1.165) is 38.9 Å². The van der Waals surface area contributed by atoms with E-state index in [9.17, 15) is 10.1 Å². The largest absolute Gasteiger partial charge is 0.362 e. The second kappa shape index (κ2) is 6.89. The van der Waals surface area contributed by atoms with E-state index in [4.69, 9.17) is 0 Å². The standard InChI is InChI=1S/C14H25N5O2/c1-4-8-18-14(13(19(20)21)11(3)16-18)15-12-6-9-17(5-2)10-7-12/h12,15H,4-10H2,1-3H3. The lowest BCUT2D eigenvalue weighted by Gasteiger charge is -2.31.